The Hall–Kier alpha value is 0.0200. The van der Waals surface area contributed by atoms with Crippen molar-refractivity contribution in [2.45, 2.75) is 13.8 Å². The molecule has 0 amide bonds. The predicted molar refractivity (Wildman–Crippen MR) is 37.7 cm³/mol. The zero-order chi connectivity index (χ0) is 6.57. The van der Waals surface area contributed by atoms with E-state index in [0.717, 1.165) is 0 Å². The summed E-state index contributed by atoms with van der Waals surface area (Å²) in [6.45, 7) is 7.34. The van der Waals surface area contributed by atoms with Gasteiger partial charge in [-0.25, -0.2) is 0 Å². The average molecular weight is 131 g/mol. The van der Waals surface area contributed by atoms with Crippen molar-refractivity contribution in [3.05, 3.63) is 6.92 Å². The van der Waals surface area contributed by atoms with Gasteiger partial charge < -0.3 is 0 Å². The summed E-state index contributed by atoms with van der Waals surface area (Å²) in [6, 6.07) is 0. The molecule has 0 saturated heterocycles. The Labute approximate surface area is 54.8 Å². The third-order valence-electron chi connectivity index (χ3n) is 0.716. The predicted octanol–water partition coefficient (Wildman–Crippen LogP) is 1.74. The van der Waals surface area contributed by atoms with Crippen LogP contribution in [0.2, 0.25) is 0 Å². The highest BCUT2D eigenvalue weighted by Gasteiger charge is 2.04. The molecular formula is C6H11OS. The van der Waals surface area contributed by atoms with E-state index >= 15 is 0 Å². The summed E-state index contributed by atoms with van der Waals surface area (Å²) in [5.41, 5.74) is 0. The quantitative estimate of drug-likeness (QED) is 0.567. The smallest absolute Gasteiger partial charge is 0.191 e. The average Bonchev–Trinajstić information content (AvgIpc) is 1.67. The SMILES string of the molecule is [CH2]CSC(=O)C(C)C. The van der Waals surface area contributed by atoms with E-state index in [4.69, 9.17) is 0 Å². The summed E-state index contributed by atoms with van der Waals surface area (Å²) < 4.78 is 0. The maximum atomic E-state index is 10.7. The van der Waals surface area contributed by atoms with Gasteiger partial charge in [-0.2, -0.15) is 0 Å². The number of hydrogen-bond donors (Lipinski definition) is 0. The van der Waals surface area contributed by atoms with Crippen LogP contribution < -0.4 is 0 Å². The lowest BCUT2D eigenvalue weighted by Gasteiger charge is -1.98. The molecule has 0 spiro atoms. The third kappa shape index (κ3) is 3.08. The second kappa shape index (κ2) is 3.96. The highest BCUT2D eigenvalue weighted by atomic mass is 32.2. The lowest BCUT2D eigenvalue weighted by Crippen LogP contribution is -2.00. The molecule has 0 saturated carbocycles. The maximum absolute atomic E-state index is 10.7. The Morgan fingerprint density at radius 2 is 2.25 bits per heavy atom. The van der Waals surface area contributed by atoms with Gasteiger partial charge in [0.25, 0.3) is 0 Å². The van der Waals surface area contributed by atoms with Gasteiger partial charge >= 0.3 is 0 Å². The van der Waals surface area contributed by atoms with Gasteiger partial charge in [0.2, 0.25) is 0 Å². The van der Waals surface area contributed by atoms with Gasteiger partial charge in [-0.05, 0) is 6.92 Å². The normalized spacial score (nSPS) is 10.0. The van der Waals surface area contributed by atoms with E-state index in [1.54, 1.807) is 0 Å². The first-order chi connectivity index (χ1) is 3.68. The monoisotopic (exact) mass is 131 g/mol. The Bertz CT molecular complexity index is 78.6. The zero-order valence-corrected chi connectivity index (χ0v) is 6.12. The number of carbonyl (C=O) groups excluding carboxylic acids is 1. The summed E-state index contributed by atoms with van der Waals surface area (Å²) in [5, 5.41) is 0.236. The molecule has 0 unspecified atom stereocenters. The van der Waals surface area contributed by atoms with Crippen molar-refractivity contribution in [3.8, 4) is 0 Å². The van der Waals surface area contributed by atoms with Crippen molar-refractivity contribution in [1.29, 1.82) is 0 Å². The van der Waals surface area contributed by atoms with Crippen molar-refractivity contribution in [3.63, 3.8) is 0 Å². The highest BCUT2D eigenvalue weighted by molar-refractivity contribution is 8.13. The molecule has 0 heterocycles. The lowest BCUT2D eigenvalue weighted by molar-refractivity contribution is -0.113. The number of carbonyl (C=O) groups is 1. The Morgan fingerprint density at radius 1 is 1.75 bits per heavy atom. The van der Waals surface area contributed by atoms with Crippen LogP contribution in [0.4, 0.5) is 0 Å². The van der Waals surface area contributed by atoms with E-state index in [2.05, 4.69) is 6.92 Å². The third-order valence-corrected chi connectivity index (χ3v) is 1.68. The molecule has 2 heteroatoms. The first-order valence-electron chi connectivity index (χ1n) is 2.64. The van der Waals surface area contributed by atoms with Gasteiger partial charge in [-0.1, -0.05) is 25.6 Å². The molecular weight excluding hydrogens is 120 g/mol. The van der Waals surface area contributed by atoms with Crippen LogP contribution >= 0.6 is 11.8 Å². The van der Waals surface area contributed by atoms with Crippen molar-refractivity contribution >= 4 is 16.9 Å². The number of rotatable bonds is 2. The van der Waals surface area contributed by atoms with Gasteiger partial charge in [0.05, 0.1) is 0 Å². The highest BCUT2D eigenvalue weighted by Crippen LogP contribution is 2.08. The van der Waals surface area contributed by atoms with Crippen LogP contribution in [0.1, 0.15) is 13.8 Å². The number of thioether (sulfide) groups is 1. The largest absolute Gasteiger partial charge is 0.287 e. The molecule has 0 atom stereocenters. The van der Waals surface area contributed by atoms with Crippen LogP contribution in [0.25, 0.3) is 0 Å². The molecule has 0 bridgehead atoms. The van der Waals surface area contributed by atoms with Crippen LogP contribution in [0.15, 0.2) is 0 Å². The molecule has 1 radical (unpaired) electrons. The Kier molecular flexibility index (Phi) is 3.97. The molecule has 0 N–H and O–H groups in total. The summed E-state index contributed by atoms with van der Waals surface area (Å²) in [6.07, 6.45) is 0. The lowest BCUT2D eigenvalue weighted by atomic mass is 10.3. The molecule has 0 aliphatic rings. The summed E-state index contributed by atoms with van der Waals surface area (Å²) in [7, 11) is 0. The topological polar surface area (TPSA) is 17.1 Å². The minimum atomic E-state index is 0.154. The first-order valence-corrected chi connectivity index (χ1v) is 3.63. The molecule has 0 aromatic heterocycles. The second-order valence-electron chi connectivity index (χ2n) is 1.82. The van der Waals surface area contributed by atoms with Gasteiger partial charge in [0.1, 0.15) is 0 Å². The molecule has 0 aliphatic heterocycles. The van der Waals surface area contributed by atoms with Gasteiger partial charge in [0, 0.05) is 11.7 Å². The minimum absolute atomic E-state index is 0.154. The molecule has 47 valence electrons. The standard InChI is InChI=1S/C6H11OS/c1-4-8-6(7)5(2)3/h5H,1,4H2,2-3H3. The van der Waals surface area contributed by atoms with E-state index in [0.29, 0.717) is 5.75 Å². The molecule has 0 aromatic carbocycles. The summed E-state index contributed by atoms with van der Waals surface area (Å²) in [4.78, 5) is 10.7. The first kappa shape index (κ1) is 8.02. The second-order valence-corrected chi connectivity index (χ2v) is 2.92. The molecule has 0 aromatic rings. The fourth-order valence-corrected chi connectivity index (χ4v) is 0.802. The van der Waals surface area contributed by atoms with Crippen molar-refractivity contribution in [2.24, 2.45) is 5.92 Å². The van der Waals surface area contributed by atoms with Crippen LogP contribution in [-0.4, -0.2) is 10.9 Å². The van der Waals surface area contributed by atoms with Crippen molar-refractivity contribution in [1.82, 2.24) is 0 Å². The minimum Gasteiger partial charge on any atom is -0.287 e. The summed E-state index contributed by atoms with van der Waals surface area (Å²) in [5.74, 6) is 0.804. The van der Waals surface area contributed by atoms with E-state index < -0.39 is 0 Å². The van der Waals surface area contributed by atoms with Gasteiger partial charge in [-0.3, -0.25) is 4.79 Å². The van der Waals surface area contributed by atoms with E-state index in [9.17, 15) is 4.79 Å². The van der Waals surface area contributed by atoms with E-state index in [1.165, 1.54) is 11.8 Å². The van der Waals surface area contributed by atoms with Crippen LogP contribution in [0.5, 0.6) is 0 Å². The Balaban J connectivity index is 3.33. The van der Waals surface area contributed by atoms with Crippen LogP contribution in [-0.2, 0) is 4.79 Å². The fraction of sp³-hybridized carbons (Fsp3) is 0.667. The number of hydrogen-bond acceptors (Lipinski definition) is 2. The van der Waals surface area contributed by atoms with E-state index in [-0.39, 0.29) is 11.0 Å². The molecule has 8 heavy (non-hydrogen) atoms. The van der Waals surface area contributed by atoms with Gasteiger partial charge in [0.15, 0.2) is 5.12 Å². The van der Waals surface area contributed by atoms with Crippen molar-refractivity contribution < 1.29 is 4.79 Å². The zero-order valence-electron chi connectivity index (χ0n) is 5.31. The van der Waals surface area contributed by atoms with Crippen LogP contribution in [0.3, 0.4) is 0 Å². The molecule has 1 nitrogen and oxygen atoms in total. The summed E-state index contributed by atoms with van der Waals surface area (Å²) >= 11 is 1.29. The fourth-order valence-electron chi connectivity index (χ4n) is 0.267. The molecule has 0 aliphatic carbocycles. The maximum Gasteiger partial charge on any atom is 0.191 e. The van der Waals surface area contributed by atoms with Gasteiger partial charge in [-0.15, -0.1) is 0 Å². The van der Waals surface area contributed by atoms with Crippen LogP contribution in [0, 0.1) is 12.8 Å². The Morgan fingerprint density at radius 3 is 2.38 bits per heavy atom. The molecule has 0 rings (SSSR count). The van der Waals surface area contributed by atoms with E-state index in [1.807, 2.05) is 13.8 Å². The molecule has 0 fully saturated rings. The van der Waals surface area contributed by atoms with Crippen molar-refractivity contribution in [2.75, 3.05) is 5.75 Å².